The van der Waals surface area contributed by atoms with Crippen molar-refractivity contribution in [3.8, 4) is 0 Å². The van der Waals surface area contributed by atoms with Crippen molar-refractivity contribution in [3.05, 3.63) is 20.9 Å². The molecule has 1 aromatic rings. The van der Waals surface area contributed by atoms with Gasteiger partial charge in [0.15, 0.2) is 6.23 Å². The zero-order chi connectivity index (χ0) is 13.4. The van der Waals surface area contributed by atoms with Crippen molar-refractivity contribution >= 4 is 17.6 Å². The minimum Gasteiger partial charge on any atom is -0.367 e. The van der Waals surface area contributed by atoms with Gasteiger partial charge in [-0.2, -0.15) is 5.10 Å². The summed E-state index contributed by atoms with van der Waals surface area (Å²) in [5.74, 6) is 0.558. The van der Waals surface area contributed by atoms with Gasteiger partial charge in [0, 0.05) is 17.0 Å². The van der Waals surface area contributed by atoms with E-state index in [0.29, 0.717) is 5.92 Å². The van der Waals surface area contributed by atoms with E-state index in [0.717, 1.165) is 24.3 Å². The Balaban J connectivity index is 1.87. The van der Waals surface area contributed by atoms with Crippen LogP contribution >= 0.6 is 11.3 Å². The molecule has 2 aliphatic rings. The van der Waals surface area contributed by atoms with Crippen LogP contribution in [-0.2, 0) is 12.8 Å². The molecule has 3 nitrogen and oxygen atoms in total. The molecule has 0 saturated carbocycles. The highest BCUT2D eigenvalue weighted by Gasteiger charge is 2.29. The molecule has 104 valence electrons. The first-order chi connectivity index (χ1) is 9.20. The zero-order valence-corrected chi connectivity index (χ0v) is 12.5. The SMILES string of the molecule is CCC(C)CN1N=Cc2c(sc3c2CCCC3)C1O. The van der Waals surface area contributed by atoms with Crippen LogP contribution in [0.5, 0.6) is 0 Å². The van der Waals surface area contributed by atoms with E-state index in [1.807, 2.05) is 11.2 Å². The summed E-state index contributed by atoms with van der Waals surface area (Å²) in [5.41, 5.74) is 2.67. The summed E-state index contributed by atoms with van der Waals surface area (Å²) in [4.78, 5) is 2.59. The number of aryl methyl sites for hydroxylation is 1. The van der Waals surface area contributed by atoms with Gasteiger partial charge in [0.1, 0.15) is 0 Å². The summed E-state index contributed by atoms with van der Waals surface area (Å²) in [6, 6.07) is 0. The third-order valence-corrected chi connectivity index (χ3v) is 5.64. The van der Waals surface area contributed by atoms with Gasteiger partial charge in [-0.1, -0.05) is 20.3 Å². The molecule has 4 heteroatoms. The van der Waals surface area contributed by atoms with Gasteiger partial charge < -0.3 is 5.11 Å². The van der Waals surface area contributed by atoms with Gasteiger partial charge in [0.25, 0.3) is 0 Å². The summed E-state index contributed by atoms with van der Waals surface area (Å²) >= 11 is 1.80. The average Bonchev–Trinajstić information content (AvgIpc) is 2.81. The minimum atomic E-state index is -0.537. The molecular formula is C15H22N2OS. The molecule has 1 aliphatic heterocycles. The molecule has 0 spiro atoms. The molecule has 3 rings (SSSR count). The van der Waals surface area contributed by atoms with Crippen LogP contribution in [-0.4, -0.2) is 22.9 Å². The summed E-state index contributed by atoms with van der Waals surface area (Å²) < 4.78 is 0. The van der Waals surface area contributed by atoms with Crippen molar-refractivity contribution in [1.29, 1.82) is 0 Å². The molecule has 0 fully saturated rings. The number of thiophene rings is 1. The van der Waals surface area contributed by atoms with Crippen molar-refractivity contribution in [3.63, 3.8) is 0 Å². The molecule has 2 unspecified atom stereocenters. The van der Waals surface area contributed by atoms with E-state index < -0.39 is 6.23 Å². The van der Waals surface area contributed by atoms with Crippen LogP contribution in [0, 0.1) is 5.92 Å². The van der Waals surface area contributed by atoms with Crippen molar-refractivity contribution in [2.45, 2.75) is 52.2 Å². The van der Waals surface area contributed by atoms with E-state index in [9.17, 15) is 5.11 Å². The standard InChI is InChI=1S/C15H22N2OS/c1-3-10(2)9-17-15(18)14-12(8-16-17)11-6-4-5-7-13(11)19-14/h8,10,15,18H,3-7,9H2,1-2H3. The zero-order valence-electron chi connectivity index (χ0n) is 11.7. The quantitative estimate of drug-likeness (QED) is 0.920. The first-order valence-corrected chi connectivity index (χ1v) is 8.15. The van der Waals surface area contributed by atoms with Gasteiger partial charge in [-0.3, -0.25) is 5.01 Å². The van der Waals surface area contributed by atoms with E-state index in [4.69, 9.17) is 0 Å². The maximum Gasteiger partial charge on any atom is 0.178 e. The van der Waals surface area contributed by atoms with Gasteiger partial charge >= 0.3 is 0 Å². The fourth-order valence-electron chi connectivity index (χ4n) is 2.87. The molecule has 2 atom stereocenters. The number of rotatable bonds is 3. The normalized spacial score (nSPS) is 23.1. The predicted octanol–water partition coefficient (Wildman–Crippen LogP) is 3.31. The topological polar surface area (TPSA) is 35.8 Å². The first-order valence-electron chi connectivity index (χ1n) is 7.33. The molecule has 2 heterocycles. The Morgan fingerprint density at radius 2 is 2.26 bits per heavy atom. The molecule has 19 heavy (non-hydrogen) atoms. The van der Waals surface area contributed by atoms with Gasteiger partial charge in [-0.15, -0.1) is 11.3 Å². The summed E-state index contributed by atoms with van der Waals surface area (Å²) in [6.07, 6.45) is 7.46. The minimum absolute atomic E-state index is 0.537. The Kier molecular flexibility index (Phi) is 3.63. The Hall–Kier alpha value is -0.870. The number of aliphatic hydroxyl groups is 1. The Morgan fingerprint density at radius 3 is 3.05 bits per heavy atom. The molecular weight excluding hydrogens is 256 g/mol. The third-order valence-electron chi connectivity index (χ3n) is 4.29. The van der Waals surface area contributed by atoms with Gasteiger partial charge in [0.05, 0.1) is 11.1 Å². The van der Waals surface area contributed by atoms with Crippen LogP contribution in [0.25, 0.3) is 0 Å². The van der Waals surface area contributed by atoms with E-state index in [-0.39, 0.29) is 0 Å². The lowest BCUT2D eigenvalue weighted by molar-refractivity contribution is -0.00502. The van der Waals surface area contributed by atoms with Crippen LogP contribution in [0.3, 0.4) is 0 Å². The second-order valence-corrected chi connectivity index (χ2v) is 6.88. The van der Waals surface area contributed by atoms with Crippen molar-refractivity contribution in [2.75, 3.05) is 6.54 Å². The highest BCUT2D eigenvalue weighted by atomic mass is 32.1. The highest BCUT2D eigenvalue weighted by Crippen LogP contribution is 2.39. The van der Waals surface area contributed by atoms with E-state index >= 15 is 0 Å². The van der Waals surface area contributed by atoms with Crippen LogP contribution in [0.2, 0.25) is 0 Å². The number of hydrogen-bond donors (Lipinski definition) is 1. The van der Waals surface area contributed by atoms with Gasteiger partial charge in [-0.05, 0) is 37.2 Å². The largest absolute Gasteiger partial charge is 0.367 e. The fraction of sp³-hybridized carbons (Fsp3) is 0.667. The van der Waals surface area contributed by atoms with Crippen molar-refractivity contribution in [2.24, 2.45) is 11.0 Å². The van der Waals surface area contributed by atoms with Gasteiger partial charge in [0.2, 0.25) is 0 Å². The van der Waals surface area contributed by atoms with Crippen molar-refractivity contribution < 1.29 is 5.11 Å². The second kappa shape index (κ2) is 5.25. The number of nitrogens with zero attached hydrogens (tertiary/aromatic N) is 2. The summed E-state index contributed by atoms with van der Waals surface area (Å²) in [7, 11) is 0. The molecule has 0 aromatic carbocycles. The van der Waals surface area contributed by atoms with E-state index in [1.54, 1.807) is 11.3 Å². The van der Waals surface area contributed by atoms with E-state index in [2.05, 4.69) is 18.9 Å². The Morgan fingerprint density at radius 1 is 1.47 bits per heavy atom. The first kappa shape index (κ1) is 13.1. The lowest BCUT2D eigenvalue weighted by atomic mass is 9.94. The lowest BCUT2D eigenvalue weighted by Gasteiger charge is -2.30. The molecule has 1 N–H and O–H groups in total. The number of fused-ring (bicyclic) bond motifs is 3. The van der Waals surface area contributed by atoms with E-state index in [1.165, 1.54) is 35.3 Å². The van der Waals surface area contributed by atoms with Crippen LogP contribution in [0.1, 0.15) is 60.2 Å². The van der Waals surface area contributed by atoms with Crippen molar-refractivity contribution in [1.82, 2.24) is 5.01 Å². The highest BCUT2D eigenvalue weighted by molar-refractivity contribution is 7.12. The molecule has 1 aromatic heterocycles. The Bertz CT molecular complexity index is 495. The van der Waals surface area contributed by atoms with Crippen LogP contribution < -0.4 is 0 Å². The monoisotopic (exact) mass is 278 g/mol. The molecule has 0 saturated heterocycles. The van der Waals surface area contributed by atoms with Gasteiger partial charge in [-0.25, -0.2) is 0 Å². The molecule has 1 aliphatic carbocycles. The maximum absolute atomic E-state index is 10.5. The number of hydrazone groups is 1. The predicted molar refractivity (Wildman–Crippen MR) is 79.7 cm³/mol. The summed E-state index contributed by atoms with van der Waals surface area (Å²) in [6.45, 7) is 5.22. The fourth-order valence-corrected chi connectivity index (χ4v) is 4.23. The maximum atomic E-state index is 10.5. The lowest BCUT2D eigenvalue weighted by Crippen LogP contribution is -2.30. The molecule has 0 bridgehead atoms. The molecule has 0 radical (unpaired) electrons. The number of aliphatic hydroxyl groups excluding tert-OH is 1. The smallest absolute Gasteiger partial charge is 0.178 e. The third kappa shape index (κ3) is 2.32. The molecule has 0 amide bonds. The van der Waals surface area contributed by atoms with Crippen LogP contribution in [0.4, 0.5) is 0 Å². The number of hydrogen-bond acceptors (Lipinski definition) is 4. The second-order valence-electron chi connectivity index (χ2n) is 5.74. The van der Waals surface area contributed by atoms with Crippen LogP contribution in [0.15, 0.2) is 5.10 Å². The Labute approximate surface area is 118 Å². The average molecular weight is 278 g/mol. The summed E-state index contributed by atoms with van der Waals surface area (Å²) in [5, 5.41) is 16.9.